The Balaban J connectivity index is 1.71. The predicted octanol–water partition coefficient (Wildman–Crippen LogP) is 3.07. The molecule has 0 spiro atoms. The number of carbonyl (C=O) groups is 1. The maximum Gasteiger partial charge on any atom is 0.340 e. The summed E-state index contributed by atoms with van der Waals surface area (Å²) in [5.74, 6) is -0.114. The van der Waals surface area contributed by atoms with Crippen molar-refractivity contribution in [2.45, 2.75) is 19.4 Å². The summed E-state index contributed by atoms with van der Waals surface area (Å²) in [4.78, 5) is 11.4. The van der Waals surface area contributed by atoms with Gasteiger partial charge >= 0.3 is 5.97 Å². The number of fused-ring (bicyclic) bond motifs is 1. The van der Waals surface area contributed by atoms with Crippen LogP contribution in [0.15, 0.2) is 28.7 Å². The van der Waals surface area contributed by atoms with Crippen LogP contribution >= 0.6 is 0 Å². The minimum atomic E-state index is -0.982. The highest BCUT2D eigenvalue weighted by Gasteiger charge is 2.21. The molecule has 21 heavy (non-hydrogen) atoms. The van der Waals surface area contributed by atoms with Crippen molar-refractivity contribution in [3.05, 3.63) is 35.6 Å². The van der Waals surface area contributed by atoms with Crippen molar-refractivity contribution in [1.29, 1.82) is 0 Å². The highest BCUT2D eigenvalue weighted by atomic mass is 16.5. The van der Waals surface area contributed by atoms with Crippen molar-refractivity contribution in [3.63, 3.8) is 0 Å². The van der Waals surface area contributed by atoms with Crippen LogP contribution in [0, 0.1) is 5.92 Å². The number of para-hydroxylation sites is 1. The molecule has 0 radical (unpaired) electrons. The van der Waals surface area contributed by atoms with E-state index in [0.29, 0.717) is 29.3 Å². The molecule has 1 fully saturated rings. The Hall–Kier alpha value is -1.85. The van der Waals surface area contributed by atoms with Crippen LogP contribution in [-0.2, 0) is 16.1 Å². The van der Waals surface area contributed by atoms with Crippen LogP contribution in [0.4, 0.5) is 0 Å². The normalized spacial score (nSPS) is 16.4. The maximum absolute atomic E-state index is 11.4. The van der Waals surface area contributed by atoms with Crippen LogP contribution in [0.1, 0.15) is 29.0 Å². The molecule has 1 N–H and O–H groups in total. The van der Waals surface area contributed by atoms with Gasteiger partial charge in [0, 0.05) is 18.6 Å². The second-order valence-electron chi connectivity index (χ2n) is 5.27. The van der Waals surface area contributed by atoms with Gasteiger partial charge in [-0.1, -0.05) is 18.2 Å². The van der Waals surface area contributed by atoms with E-state index < -0.39 is 5.97 Å². The lowest BCUT2D eigenvalue weighted by Crippen LogP contribution is -2.20. The van der Waals surface area contributed by atoms with Gasteiger partial charge in [0.05, 0.1) is 6.61 Å². The van der Waals surface area contributed by atoms with Crippen LogP contribution in [0.2, 0.25) is 0 Å². The molecule has 2 heterocycles. The number of ether oxygens (including phenoxy) is 2. The molecule has 1 aromatic heterocycles. The number of hydrogen-bond donors (Lipinski definition) is 1. The van der Waals surface area contributed by atoms with Crippen molar-refractivity contribution >= 4 is 16.9 Å². The van der Waals surface area contributed by atoms with Crippen LogP contribution in [0.25, 0.3) is 11.0 Å². The summed E-state index contributed by atoms with van der Waals surface area (Å²) in [5, 5.41) is 9.99. The van der Waals surface area contributed by atoms with Gasteiger partial charge < -0.3 is 19.0 Å². The Kier molecular flexibility index (Phi) is 4.22. The van der Waals surface area contributed by atoms with Crippen molar-refractivity contribution in [2.75, 3.05) is 19.8 Å². The van der Waals surface area contributed by atoms with E-state index in [2.05, 4.69) is 0 Å². The molecule has 0 saturated carbocycles. The molecule has 0 bridgehead atoms. The van der Waals surface area contributed by atoms with Gasteiger partial charge in [0.25, 0.3) is 0 Å². The lowest BCUT2D eigenvalue weighted by atomic mass is 10.0. The Morgan fingerprint density at radius 3 is 2.81 bits per heavy atom. The Labute approximate surface area is 122 Å². The van der Waals surface area contributed by atoms with Crippen LogP contribution < -0.4 is 0 Å². The van der Waals surface area contributed by atoms with E-state index in [1.165, 1.54) is 0 Å². The van der Waals surface area contributed by atoms with Gasteiger partial charge in [0.2, 0.25) is 0 Å². The second-order valence-corrected chi connectivity index (χ2v) is 5.27. The van der Waals surface area contributed by atoms with E-state index in [9.17, 15) is 9.90 Å². The monoisotopic (exact) mass is 290 g/mol. The number of hydrogen-bond acceptors (Lipinski definition) is 4. The maximum atomic E-state index is 11.4. The summed E-state index contributed by atoms with van der Waals surface area (Å²) in [6.07, 6.45) is 1.98. The quantitative estimate of drug-likeness (QED) is 0.916. The third-order valence-corrected chi connectivity index (χ3v) is 3.81. The highest BCUT2D eigenvalue weighted by Crippen LogP contribution is 2.27. The Morgan fingerprint density at radius 2 is 2.05 bits per heavy atom. The average molecular weight is 290 g/mol. The lowest BCUT2D eigenvalue weighted by molar-refractivity contribution is 0.0119. The molecule has 5 nitrogen and oxygen atoms in total. The Morgan fingerprint density at radius 1 is 1.29 bits per heavy atom. The number of carboxylic acid groups (broad SMARTS) is 1. The van der Waals surface area contributed by atoms with E-state index in [-0.39, 0.29) is 12.2 Å². The van der Waals surface area contributed by atoms with Gasteiger partial charge in [0.15, 0.2) is 0 Å². The van der Waals surface area contributed by atoms with Crippen LogP contribution in [0.3, 0.4) is 0 Å². The zero-order valence-electron chi connectivity index (χ0n) is 11.7. The van der Waals surface area contributed by atoms with E-state index in [1.807, 2.05) is 6.07 Å². The number of aromatic carboxylic acids is 1. The lowest BCUT2D eigenvalue weighted by Gasteiger charge is -2.21. The topological polar surface area (TPSA) is 68.9 Å². The summed E-state index contributed by atoms with van der Waals surface area (Å²) in [6.45, 7) is 2.35. The fourth-order valence-corrected chi connectivity index (χ4v) is 2.66. The molecular weight excluding hydrogens is 272 g/mol. The molecule has 5 heteroatoms. The first kappa shape index (κ1) is 14.1. The van der Waals surface area contributed by atoms with E-state index >= 15 is 0 Å². The van der Waals surface area contributed by atoms with Gasteiger partial charge in [-0.15, -0.1) is 0 Å². The van der Waals surface area contributed by atoms with Crippen molar-refractivity contribution in [2.24, 2.45) is 5.92 Å². The summed E-state index contributed by atoms with van der Waals surface area (Å²) in [5.41, 5.74) is 0.789. The second kappa shape index (κ2) is 6.28. The molecule has 0 aliphatic carbocycles. The molecule has 1 aromatic carbocycles. The van der Waals surface area contributed by atoms with Gasteiger partial charge in [0.1, 0.15) is 23.5 Å². The van der Waals surface area contributed by atoms with Crippen molar-refractivity contribution in [3.8, 4) is 0 Å². The number of furan rings is 1. The minimum absolute atomic E-state index is 0.188. The van der Waals surface area contributed by atoms with Crippen molar-refractivity contribution < 1.29 is 23.8 Å². The first-order valence-electron chi connectivity index (χ1n) is 7.15. The standard InChI is InChI=1S/C16H18O5/c17-16(18)15-12-3-1-2-4-13(12)21-14(15)10-20-9-11-5-7-19-8-6-11/h1-4,11H,5-10H2,(H,17,18). The summed E-state index contributed by atoms with van der Waals surface area (Å²) in [7, 11) is 0. The summed E-state index contributed by atoms with van der Waals surface area (Å²) >= 11 is 0. The first-order chi connectivity index (χ1) is 10.3. The highest BCUT2D eigenvalue weighted by molar-refractivity contribution is 6.03. The number of carboxylic acids is 1. The molecule has 1 aliphatic rings. The van der Waals surface area contributed by atoms with Crippen LogP contribution in [-0.4, -0.2) is 30.9 Å². The van der Waals surface area contributed by atoms with Crippen LogP contribution in [0.5, 0.6) is 0 Å². The van der Waals surface area contributed by atoms with Gasteiger partial charge in [-0.25, -0.2) is 4.79 Å². The molecule has 112 valence electrons. The van der Waals surface area contributed by atoms with Gasteiger partial charge in [-0.3, -0.25) is 0 Å². The zero-order valence-corrected chi connectivity index (χ0v) is 11.7. The predicted molar refractivity (Wildman–Crippen MR) is 76.4 cm³/mol. The molecular formula is C16H18O5. The third kappa shape index (κ3) is 3.09. The van der Waals surface area contributed by atoms with Gasteiger partial charge in [-0.2, -0.15) is 0 Å². The molecule has 2 aromatic rings. The average Bonchev–Trinajstić information content (AvgIpc) is 2.86. The third-order valence-electron chi connectivity index (χ3n) is 3.81. The fraction of sp³-hybridized carbons (Fsp3) is 0.438. The van der Waals surface area contributed by atoms with E-state index in [4.69, 9.17) is 13.9 Å². The zero-order chi connectivity index (χ0) is 14.7. The minimum Gasteiger partial charge on any atom is -0.478 e. The molecule has 1 saturated heterocycles. The Bertz CT molecular complexity index is 625. The molecule has 3 rings (SSSR count). The summed E-state index contributed by atoms with van der Waals surface area (Å²) < 4.78 is 16.6. The smallest absolute Gasteiger partial charge is 0.340 e. The summed E-state index contributed by atoms with van der Waals surface area (Å²) in [6, 6.07) is 7.15. The molecule has 0 unspecified atom stereocenters. The number of benzene rings is 1. The molecule has 0 amide bonds. The number of rotatable bonds is 5. The fourth-order valence-electron chi connectivity index (χ4n) is 2.66. The SMILES string of the molecule is O=C(O)c1c(COCC2CCOCC2)oc2ccccc12. The largest absolute Gasteiger partial charge is 0.478 e. The van der Waals surface area contributed by atoms with E-state index in [0.717, 1.165) is 26.1 Å². The molecule has 1 aliphatic heterocycles. The van der Waals surface area contributed by atoms with Crippen molar-refractivity contribution in [1.82, 2.24) is 0 Å². The van der Waals surface area contributed by atoms with E-state index in [1.54, 1.807) is 18.2 Å². The molecule has 0 atom stereocenters. The van der Waals surface area contributed by atoms with Gasteiger partial charge in [-0.05, 0) is 24.8 Å². The first-order valence-corrected chi connectivity index (χ1v) is 7.15.